The average molecular weight is 294 g/mol. The molecule has 22 heavy (non-hydrogen) atoms. The van der Waals surface area contributed by atoms with Crippen molar-refractivity contribution >= 4 is 12.0 Å². The van der Waals surface area contributed by atoms with Crippen LogP contribution in [-0.4, -0.2) is 24.0 Å². The van der Waals surface area contributed by atoms with Gasteiger partial charge in [-0.3, -0.25) is 9.78 Å². The van der Waals surface area contributed by atoms with Crippen LogP contribution in [0.5, 0.6) is 5.75 Å². The largest absolute Gasteiger partial charge is 0.493 e. The molecule has 2 aromatic rings. The number of hydrogen-bond acceptors (Lipinski definition) is 3. The molecule has 4 heteroatoms. The molecule has 1 aromatic heterocycles. The van der Waals surface area contributed by atoms with Crippen molar-refractivity contribution in [1.82, 2.24) is 10.3 Å². The van der Waals surface area contributed by atoms with Gasteiger partial charge in [0, 0.05) is 37.4 Å². The van der Waals surface area contributed by atoms with Gasteiger partial charge in [0.25, 0.3) is 0 Å². The second-order valence-corrected chi connectivity index (χ2v) is 5.16. The van der Waals surface area contributed by atoms with E-state index in [0.717, 1.165) is 36.5 Å². The highest BCUT2D eigenvalue weighted by Gasteiger charge is 2.11. The number of rotatable bonds is 5. The summed E-state index contributed by atoms with van der Waals surface area (Å²) in [5, 5.41) is 2.86. The van der Waals surface area contributed by atoms with Crippen LogP contribution in [0.25, 0.3) is 6.08 Å². The molecule has 1 amide bonds. The molecule has 0 spiro atoms. The van der Waals surface area contributed by atoms with Crippen molar-refractivity contribution in [2.45, 2.75) is 12.8 Å². The van der Waals surface area contributed by atoms with E-state index >= 15 is 0 Å². The Kier molecular flexibility index (Phi) is 4.49. The fourth-order valence-electron chi connectivity index (χ4n) is 2.40. The molecule has 112 valence electrons. The lowest BCUT2D eigenvalue weighted by atomic mass is 10.1. The van der Waals surface area contributed by atoms with E-state index in [1.165, 1.54) is 5.56 Å². The predicted octanol–water partition coefficient (Wildman–Crippen LogP) is 2.39. The Hall–Kier alpha value is -2.62. The Labute approximate surface area is 129 Å². The maximum Gasteiger partial charge on any atom is 0.244 e. The molecule has 0 fully saturated rings. The van der Waals surface area contributed by atoms with Gasteiger partial charge in [-0.25, -0.2) is 0 Å². The monoisotopic (exact) mass is 294 g/mol. The molecule has 0 saturated heterocycles. The van der Waals surface area contributed by atoms with Crippen molar-refractivity contribution in [1.29, 1.82) is 0 Å². The number of carbonyl (C=O) groups excluding carboxylic acids is 1. The molecular weight excluding hydrogens is 276 g/mol. The molecule has 0 radical (unpaired) electrons. The topological polar surface area (TPSA) is 51.2 Å². The van der Waals surface area contributed by atoms with Gasteiger partial charge < -0.3 is 10.1 Å². The second kappa shape index (κ2) is 6.89. The number of ether oxygens (including phenoxy) is 1. The lowest BCUT2D eigenvalue weighted by Gasteiger charge is -2.02. The SMILES string of the molecule is O=C(/C=C/c1ccc2c(c1)CCO2)NCCc1ccccn1. The summed E-state index contributed by atoms with van der Waals surface area (Å²) >= 11 is 0. The number of hydrogen-bond donors (Lipinski definition) is 1. The van der Waals surface area contributed by atoms with Crippen LogP contribution in [0.2, 0.25) is 0 Å². The summed E-state index contributed by atoms with van der Waals surface area (Å²) in [4.78, 5) is 16.0. The van der Waals surface area contributed by atoms with Gasteiger partial charge in [-0.05, 0) is 41.5 Å². The quantitative estimate of drug-likeness (QED) is 0.861. The summed E-state index contributed by atoms with van der Waals surface area (Å²) in [6, 6.07) is 11.8. The van der Waals surface area contributed by atoms with Crippen LogP contribution in [0.3, 0.4) is 0 Å². The van der Waals surface area contributed by atoms with Crippen LogP contribution in [0.4, 0.5) is 0 Å². The summed E-state index contributed by atoms with van der Waals surface area (Å²) < 4.78 is 5.46. The lowest BCUT2D eigenvalue weighted by molar-refractivity contribution is -0.116. The van der Waals surface area contributed by atoms with E-state index in [1.807, 2.05) is 36.4 Å². The summed E-state index contributed by atoms with van der Waals surface area (Å²) in [7, 11) is 0. The molecule has 1 aliphatic rings. The van der Waals surface area contributed by atoms with E-state index < -0.39 is 0 Å². The molecule has 1 aromatic carbocycles. The van der Waals surface area contributed by atoms with Crippen molar-refractivity contribution in [2.24, 2.45) is 0 Å². The van der Waals surface area contributed by atoms with Gasteiger partial charge in [-0.1, -0.05) is 12.1 Å². The summed E-state index contributed by atoms with van der Waals surface area (Å²) in [6.45, 7) is 1.33. The van der Waals surface area contributed by atoms with Crippen molar-refractivity contribution < 1.29 is 9.53 Å². The average Bonchev–Trinajstić information content (AvgIpc) is 3.01. The molecule has 1 N–H and O–H groups in total. The number of pyridine rings is 1. The highest BCUT2D eigenvalue weighted by Crippen LogP contribution is 2.26. The zero-order chi connectivity index (χ0) is 15.2. The summed E-state index contributed by atoms with van der Waals surface area (Å²) in [6.07, 6.45) is 6.82. The van der Waals surface area contributed by atoms with Crippen molar-refractivity contribution in [3.8, 4) is 5.75 Å². The molecule has 4 nitrogen and oxygen atoms in total. The molecule has 0 atom stereocenters. The van der Waals surface area contributed by atoms with Crippen LogP contribution in [-0.2, 0) is 17.6 Å². The van der Waals surface area contributed by atoms with Crippen LogP contribution in [0.15, 0.2) is 48.7 Å². The van der Waals surface area contributed by atoms with Gasteiger partial charge in [-0.15, -0.1) is 0 Å². The van der Waals surface area contributed by atoms with E-state index in [2.05, 4.69) is 16.4 Å². The molecule has 3 rings (SSSR count). The van der Waals surface area contributed by atoms with E-state index in [-0.39, 0.29) is 5.91 Å². The Morgan fingerprint density at radius 2 is 2.27 bits per heavy atom. The zero-order valence-electron chi connectivity index (χ0n) is 12.3. The van der Waals surface area contributed by atoms with Crippen molar-refractivity contribution in [3.63, 3.8) is 0 Å². The molecule has 2 heterocycles. The first kappa shape index (κ1) is 14.3. The fourth-order valence-corrected chi connectivity index (χ4v) is 2.40. The van der Waals surface area contributed by atoms with Gasteiger partial charge >= 0.3 is 0 Å². The number of benzene rings is 1. The Bertz CT molecular complexity index is 681. The van der Waals surface area contributed by atoms with Crippen LogP contribution in [0, 0.1) is 0 Å². The minimum atomic E-state index is -0.0901. The van der Waals surface area contributed by atoms with Gasteiger partial charge in [0.05, 0.1) is 6.61 Å². The Morgan fingerprint density at radius 3 is 3.14 bits per heavy atom. The fraction of sp³-hybridized carbons (Fsp3) is 0.222. The Morgan fingerprint density at radius 1 is 1.32 bits per heavy atom. The molecule has 0 unspecified atom stereocenters. The molecule has 0 aliphatic carbocycles. The van der Waals surface area contributed by atoms with Gasteiger partial charge in [0.2, 0.25) is 5.91 Å². The minimum absolute atomic E-state index is 0.0901. The van der Waals surface area contributed by atoms with Crippen molar-refractivity contribution in [3.05, 3.63) is 65.5 Å². The first-order chi connectivity index (χ1) is 10.8. The molecule has 1 aliphatic heterocycles. The Balaban J connectivity index is 1.49. The van der Waals surface area contributed by atoms with Gasteiger partial charge in [0.1, 0.15) is 5.75 Å². The second-order valence-electron chi connectivity index (χ2n) is 5.16. The molecule has 0 saturated carbocycles. The van der Waals surface area contributed by atoms with Crippen LogP contribution < -0.4 is 10.1 Å². The van der Waals surface area contributed by atoms with Crippen LogP contribution in [0.1, 0.15) is 16.8 Å². The van der Waals surface area contributed by atoms with Crippen LogP contribution >= 0.6 is 0 Å². The van der Waals surface area contributed by atoms with Gasteiger partial charge in [0.15, 0.2) is 0 Å². The van der Waals surface area contributed by atoms with E-state index in [4.69, 9.17) is 4.74 Å². The highest BCUT2D eigenvalue weighted by atomic mass is 16.5. The smallest absolute Gasteiger partial charge is 0.244 e. The van der Waals surface area contributed by atoms with E-state index in [9.17, 15) is 4.79 Å². The normalized spacial score (nSPS) is 12.9. The number of fused-ring (bicyclic) bond motifs is 1. The molecule has 0 bridgehead atoms. The third-order valence-electron chi connectivity index (χ3n) is 3.55. The first-order valence-electron chi connectivity index (χ1n) is 7.43. The summed E-state index contributed by atoms with van der Waals surface area (Å²) in [5.74, 6) is 0.865. The predicted molar refractivity (Wildman–Crippen MR) is 85.6 cm³/mol. The maximum atomic E-state index is 11.8. The van der Waals surface area contributed by atoms with Gasteiger partial charge in [-0.2, -0.15) is 0 Å². The first-order valence-corrected chi connectivity index (χ1v) is 7.43. The number of nitrogens with one attached hydrogen (secondary N) is 1. The number of carbonyl (C=O) groups is 1. The summed E-state index contributed by atoms with van der Waals surface area (Å²) in [5.41, 5.74) is 3.20. The van der Waals surface area contributed by atoms with E-state index in [1.54, 1.807) is 12.3 Å². The third-order valence-corrected chi connectivity index (χ3v) is 3.55. The van der Waals surface area contributed by atoms with E-state index in [0.29, 0.717) is 6.54 Å². The number of amides is 1. The highest BCUT2D eigenvalue weighted by molar-refractivity contribution is 5.91. The lowest BCUT2D eigenvalue weighted by Crippen LogP contribution is -2.23. The maximum absolute atomic E-state index is 11.8. The number of aromatic nitrogens is 1. The molecular formula is C18H18N2O2. The standard InChI is InChI=1S/C18H18N2O2/c21-18(20-11-8-16-3-1-2-10-19-16)7-5-14-4-6-17-15(13-14)9-12-22-17/h1-7,10,13H,8-9,11-12H2,(H,20,21)/b7-5+. The third kappa shape index (κ3) is 3.73. The zero-order valence-corrected chi connectivity index (χ0v) is 12.3. The number of nitrogens with zero attached hydrogens (tertiary/aromatic N) is 1. The van der Waals surface area contributed by atoms with Crippen molar-refractivity contribution in [2.75, 3.05) is 13.2 Å². The minimum Gasteiger partial charge on any atom is -0.493 e.